The third-order valence-corrected chi connectivity index (χ3v) is 3.56. The Bertz CT molecular complexity index is 647. The number of aromatic hydroxyl groups is 1. The number of amides is 1. The van der Waals surface area contributed by atoms with Gasteiger partial charge >= 0.3 is 0 Å². The van der Waals surface area contributed by atoms with Gasteiger partial charge in [-0.2, -0.15) is 0 Å². The van der Waals surface area contributed by atoms with Crippen LogP contribution in [-0.4, -0.2) is 11.0 Å². The third-order valence-electron chi connectivity index (χ3n) is 2.37. The molecule has 0 aliphatic heterocycles. The van der Waals surface area contributed by atoms with Crippen molar-refractivity contribution in [3.63, 3.8) is 0 Å². The molecule has 0 atom stereocenters. The number of carbonyl (C=O) groups is 1. The van der Waals surface area contributed by atoms with Crippen LogP contribution in [0, 0.1) is 5.82 Å². The molecule has 2 aromatic carbocycles. The van der Waals surface area contributed by atoms with Crippen LogP contribution in [0.1, 0.15) is 10.4 Å². The van der Waals surface area contributed by atoms with Gasteiger partial charge in [-0.25, -0.2) is 4.39 Å². The second-order valence-electron chi connectivity index (χ2n) is 3.74. The summed E-state index contributed by atoms with van der Waals surface area (Å²) in [5.41, 5.74) is 0.386. The SMILES string of the molecule is O=C(Nc1cc(Br)ccc1Br)c1ccc(O)cc1F. The minimum absolute atomic E-state index is 0.135. The molecule has 0 aliphatic rings. The van der Waals surface area contributed by atoms with Gasteiger partial charge in [0.1, 0.15) is 11.6 Å². The van der Waals surface area contributed by atoms with E-state index in [4.69, 9.17) is 5.11 Å². The Morgan fingerprint density at radius 3 is 2.58 bits per heavy atom. The molecular formula is C13H8Br2FNO2. The Balaban J connectivity index is 2.28. The molecule has 0 aliphatic carbocycles. The van der Waals surface area contributed by atoms with Gasteiger partial charge < -0.3 is 10.4 Å². The van der Waals surface area contributed by atoms with Gasteiger partial charge in [0.05, 0.1) is 11.3 Å². The Morgan fingerprint density at radius 1 is 1.16 bits per heavy atom. The maximum atomic E-state index is 13.5. The van der Waals surface area contributed by atoms with Gasteiger partial charge in [-0.1, -0.05) is 15.9 Å². The normalized spacial score (nSPS) is 10.3. The van der Waals surface area contributed by atoms with Gasteiger partial charge in [-0.15, -0.1) is 0 Å². The van der Waals surface area contributed by atoms with Crippen molar-refractivity contribution in [2.45, 2.75) is 0 Å². The highest BCUT2D eigenvalue weighted by molar-refractivity contribution is 9.11. The molecular weight excluding hydrogens is 381 g/mol. The number of halogens is 3. The summed E-state index contributed by atoms with van der Waals surface area (Å²) in [4.78, 5) is 11.9. The van der Waals surface area contributed by atoms with Crippen molar-refractivity contribution in [1.82, 2.24) is 0 Å². The van der Waals surface area contributed by atoms with Crippen molar-refractivity contribution >= 4 is 43.5 Å². The molecule has 0 unspecified atom stereocenters. The molecule has 0 saturated carbocycles. The minimum atomic E-state index is -0.774. The molecule has 3 nitrogen and oxygen atoms in total. The fourth-order valence-electron chi connectivity index (χ4n) is 1.47. The number of nitrogens with one attached hydrogen (secondary N) is 1. The molecule has 19 heavy (non-hydrogen) atoms. The predicted molar refractivity (Wildman–Crippen MR) is 77.9 cm³/mol. The van der Waals surface area contributed by atoms with Gasteiger partial charge in [-0.3, -0.25) is 4.79 Å². The van der Waals surface area contributed by atoms with E-state index in [0.717, 1.165) is 10.5 Å². The first-order valence-corrected chi connectivity index (χ1v) is 6.81. The fourth-order valence-corrected chi connectivity index (χ4v) is 2.18. The van der Waals surface area contributed by atoms with Crippen molar-refractivity contribution in [2.75, 3.05) is 5.32 Å². The quantitative estimate of drug-likeness (QED) is 0.805. The molecule has 6 heteroatoms. The molecule has 0 spiro atoms. The van der Waals surface area contributed by atoms with Crippen LogP contribution in [0.2, 0.25) is 0 Å². The predicted octanol–water partition coefficient (Wildman–Crippen LogP) is 4.31. The summed E-state index contributed by atoms with van der Waals surface area (Å²) in [6, 6.07) is 8.64. The number of phenolic OH excluding ortho intramolecular Hbond substituents is 1. The largest absolute Gasteiger partial charge is 0.508 e. The molecule has 0 heterocycles. The number of benzene rings is 2. The second kappa shape index (κ2) is 5.71. The molecule has 2 rings (SSSR count). The molecule has 98 valence electrons. The van der Waals surface area contributed by atoms with Crippen molar-refractivity contribution in [3.8, 4) is 5.75 Å². The van der Waals surface area contributed by atoms with E-state index in [9.17, 15) is 9.18 Å². The first kappa shape index (κ1) is 14.0. The third kappa shape index (κ3) is 3.33. The lowest BCUT2D eigenvalue weighted by molar-refractivity contribution is 0.102. The molecule has 0 bridgehead atoms. The maximum Gasteiger partial charge on any atom is 0.258 e. The lowest BCUT2D eigenvalue weighted by Gasteiger charge is -2.08. The van der Waals surface area contributed by atoms with Crippen LogP contribution in [-0.2, 0) is 0 Å². The van der Waals surface area contributed by atoms with Gasteiger partial charge in [0, 0.05) is 15.0 Å². The Hall–Kier alpha value is -1.40. The topological polar surface area (TPSA) is 49.3 Å². The smallest absolute Gasteiger partial charge is 0.258 e. The molecule has 2 aromatic rings. The van der Waals surface area contributed by atoms with E-state index in [-0.39, 0.29) is 11.3 Å². The van der Waals surface area contributed by atoms with E-state index in [2.05, 4.69) is 37.2 Å². The summed E-state index contributed by atoms with van der Waals surface area (Å²) in [5, 5.41) is 11.7. The molecule has 0 fully saturated rings. The van der Waals surface area contributed by atoms with Gasteiger partial charge in [0.2, 0.25) is 0 Å². The standard InChI is InChI=1S/C13H8Br2FNO2/c14-7-1-4-10(15)12(5-7)17-13(19)9-3-2-8(18)6-11(9)16/h1-6,18H,(H,17,19). The average molecular weight is 389 g/mol. The molecule has 1 amide bonds. The fraction of sp³-hybridized carbons (Fsp3) is 0. The second-order valence-corrected chi connectivity index (χ2v) is 5.51. The summed E-state index contributed by atoms with van der Waals surface area (Å²) in [6.45, 7) is 0. The van der Waals surface area contributed by atoms with Crippen LogP contribution < -0.4 is 5.32 Å². The van der Waals surface area contributed by atoms with Gasteiger partial charge in [0.15, 0.2) is 0 Å². The van der Waals surface area contributed by atoms with E-state index in [1.165, 1.54) is 12.1 Å². The molecule has 0 saturated heterocycles. The Morgan fingerprint density at radius 2 is 1.89 bits per heavy atom. The average Bonchev–Trinajstić information content (AvgIpc) is 2.33. The Kier molecular flexibility index (Phi) is 4.21. The molecule has 2 N–H and O–H groups in total. The summed E-state index contributed by atoms with van der Waals surface area (Å²) in [6.07, 6.45) is 0. The van der Waals surface area contributed by atoms with Crippen molar-refractivity contribution in [1.29, 1.82) is 0 Å². The summed E-state index contributed by atoms with van der Waals surface area (Å²) in [5.74, 6) is -1.59. The highest BCUT2D eigenvalue weighted by Gasteiger charge is 2.13. The van der Waals surface area contributed by atoms with Crippen LogP contribution in [0.4, 0.5) is 10.1 Å². The first-order valence-electron chi connectivity index (χ1n) is 5.22. The van der Waals surface area contributed by atoms with E-state index in [0.29, 0.717) is 10.2 Å². The number of hydrogen-bond donors (Lipinski definition) is 2. The minimum Gasteiger partial charge on any atom is -0.508 e. The maximum absolute atomic E-state index is 13.5. The van der Waals surface area contributed by atoms with E-state index >= 15 is 0 Å². The highest BCUT2D eigenvalue weighted by atomic mass is 79.9. The van der Waals surface area contributed by atoms with Crippen molar-refractivity contribution < 1.29 is 14.3 Å². The van der Waals surface area contributed by atoms with Crippen LogP contribution in [0.25, 0.3) is 0 Å². The van der Waals surface area contributed by atoms with Crippen molar-refractivity contribution in [3.05, 3.63) is 56.7 Å². The van der Waals surface area contributed by atoms with E-state index in [1.54, 1.807) is 18.2 Å². The van der Waals surface area contributed by atoms with Crippen molar-refractivity contribution in [2.24, 2.45) is 0 Å². The highest BCUT2D eigenvalue weighted by Crippen LogP contribution is 2.27. The lowest BCUT2D eigenvalue weighted by atomic mass is 10.2. The number of rotatable bonds is 2. The zero-order valence-electron chi connectivity index (χ0n) is 9.45. The number of hydrogen-bond acceptors (Lipinski definition) is 2. The summed E-state index contributed by atoms with van der Waals surface area (Å²) in [7, 11) is 0. The molecule has 0 aromatic heterocycles. The number of carbonyl (C=O) groups excluding carboxylic acids is 1. The van der Waals surface area contributed by atoms with Crippen LogP contribution in [0.3, 0.4) is 0 Å². The molecule has 0 radical (unpaired) electrons. The summed E-state index contributed by atoms with van der Waals surface area (Å²) < 4.78 is 15.0. The van der Waals surface area contributed by atoms with E-state index in [1.807, 2.05) is 0 Å². The zero-order chi connectivity index (χ0) is 14.0. The van der Waals surface area contributed by atoms with Crippen LogP contribution >= 0.6 is 31.9 Å². The summed E-state index contributed by atoms with van der Waals surface area (Å²) >= 11 is 6.58. The van der Waals surface area contributed by atoms with Crippen LogP contribution in [0.5, 0.6) is 5.75 Å². The zero-order valence-corrected chi connectivity index (χ0v) is 12.6. The Labute approximate surface area is 125 Å². The number of phenols is 1. The van der Waals surface area contributed by atoms with Crippen LogP contribution in [0.15, 0.2) is 45.3 Å². The van der Waals surface area contributed by atoms with Gasteiger partial charge in [-0.05, 0) is 46.3 Å². The first-order chi connectivity index (χ1) is 8.97. The van der Waals surface area contributed by atoms with E-state index < -0.39 is 11.7 Å². The van der Waals surface area contributed by atoms with Gasteiger partial charge in [0.25, 0.3) is 5.91 Å². The lowest BCUT2D eigenvalue weighted by Crippen LogP contribution is -2.14. The monoisotopic (exact) mass is 387 g/mol. The number of anilines is 1.